The molecule has 0 bridgehead atoms. The molecule has 0 radical (unpaired) electrons. The van der Waals surface area contributed by atoms with Crippen LogP contribution in [0, 0.1) is 13.8 Å². The molecule has 186 valence electrons. The number of amides is 1. The zero-order valence-corrected chi connectivity index (χ0v) is 22.1. The number of benzene rings is 3. The van der Waals surface area contributed by atoms with Gasteiger partial charge in [-0.25, -0.2) is 4.98 Å². The molecule has 0 spiro atoms. The van der Waals surface area contributed by atoms with Gasteiger partial charge in [-0.1, -0.05) is 51.1 Å². The number of anilines is 1. The normalized spacial score (nSPS) is 11.4. The largest absolute Gasteiger partial charge is 0.484 e. The Kier molecular flexibility index (Phi) is 7.40. The Morgan fingerprint density at radius 1 is 1.03 bits per heavy atom. The lowest BCUT2D eigenvalue weighted by molar-refractivity contribution is -0.121. The molecule has 0 aliphatic rings. The molecular weight excluding hydrogens is 470 g/mol. The maximum Gasteiger partial charge on any atom is 0.264 e. The first kappa shape index (κ1) is 25.4. The Bertz CT molecular complexity index is 1380. The second kappa shape index (κ2) is 10.5. The topological polar surface area (TPSA) is 76.4 Å². The second-order valence-electron chi connectivity index (χ2n) is 9.98. The van der Waals surface area contributed by atoms with Gasteiger partial charge in [-0.3, -0.25) is 10.1 Å². The predicted octanol–water partition coefficient (Wildman–Crippen LogP) is 6.22. The second-order valence-corrected chi connectivity index (χ2v) is 10.4. The summed E-state index contributed by atoms with van der Waals surface area (Å²) >= 11 is 5.27. The minimum absolute atomic E-state index is 0.0641. The Morgan fingerprint density at radius 2 is 1.72 bits per heavy atom. The molecule has 0 saturated carbocycles. The van der Waals surface area contributed by atoms with Gasteiger partial charge in [-0.2, -0.15) is 0 Å². The molecule has 0 saturated heterocycles. The number of hydrogen-bond donors (Lipinski definition) is 2. The zero-order chi connectivity index (χ0) is 25.9. The van der Waals surface area contributed by atoms with Crippen LogP contribution in [0.3, 0.4) is 0 Å². The molecule has 1 aromatic heterocycles. The third-order valence-corrected chi connectivity index (χ3v) is 5.98. The van der Waals surface area contributed by atoms with Gasteiger partial charge in [0.1, 0.15) is 11.3 Å². The summed E-state index contributed by atoms with van der Waals surface area (Å²) in [5.74, 6) is 0.984. The third kappa shape index (κ3) is 6.49. The van der Waals surface area contributed by atoms with Crippen molar-refractivity contribution in [2.24, 2.45) is 0 Å². The first-order valence-electron chi connectivity index (χ1n) is 11.9. The molecule has 0 unspecified atom stereocenters. The van der Waals surface area contributed by atoms with E-state index in [0.29, 0.717) is 18.1 Å². The van der Waals surface area contributed by atoms with Gasteiger partial charge < -0.3 is 14.5 Å². The summed E-state index contributed by atoms with van der Waals surface area (Å²) in [6.07, 6.45) is 0.586. The van der Waals surface area contributed by atoms with E-state index in [1.165, 1.54) is 11.1 Å². The zero-order valence-electron chi connectivity index (χ0n) is 21.3. The van der Waals surface area contributed by atoms with Gasteiger partial charge in [-0.15, -0.1) is 0 Å². The molecule has 36 heavy (non-hydrogen) atoms. The van der Waals surface area contributed by atoms with Crippen LogP contribution in [0.2, 0.25) is 0 Å². The molecule has 3 aromatic carbocycles. The van der Waals surface area contributed by atoms with E-state index in [0.717, 1.165) is 27.9 Å². The summed E-state index contributed by atoms with van der Waals surface area (Å²) in [6.45, 7) is 10.4. The van der Waals surface area contributed by atoms with Gasteiger partial charge in [0, 0.05) is 12.1 Å². The molecule has 0 atom stereocenters. The fraction of sp³-hybridized carbons (Fsp3) is 0.276. The maximum atomic E-state index is 12.2. The summed E-state index contributed by atoms with van der Waals surface area (Å²) in [6, 6.07) is 19.6. The molecular formula is C29H31N3O3S. The van der Waals surface area contributed by atoms with E-state index in [4.69, 9.17) is 21.4 Å². The standard InChI is InChI=1S/C29H31N3O3S/c1-18-14-19(2)27-24(15-18)31-26(35-27)16-20-6-10-22(11-7-20)30-28(36)32-25(33)17-34-23-12-8-21(9-13-23)29(3,4)5/h6-15H,16-17H2,1-5H3,(H2,30,32,33,36). The van der Waals surface area contributed by atoms with Crippen molar-refractivity contribution < 1.29 is 13.9 Å². The number of ether oxygens (including phenoxy) is 1. The van der Waals surface area contributed by atoms with Crippen molar-refractivity contribution in [2.75, 3.05) is 11.9 Å². The van der Waals surface area contributed by atoms with Crippen LogP contribution in [-0.4, -0.2) is 22.6 Å². The summed E-state index contributed by atoms with van der Waals surface area (Å²) in [4.78, 5) is 16.9. The first-order chi connectivity index (χ1) is 17.1. The third-order valence-electron chi connectivity index (χ3n) is 5.77. The lowest BCUT2D eigenvalue weighted by Gasteiger charge is -2.19. The summed E-state index contributed by atoms with van der Waals surface area (Å²) < 4.78 is 11.5. The number of rotatable bonds is 6. The van der Waals surface area contributed by atoms with Gasteiger partial charge in [0.15, 0.2) is 23.2 Å². The highest BCUT2D eigenvalue weighted by atomic mass is 32.1. The van der Waals surface area contributed by atoms with Crippen LogP contribution in [0.4, 0.5) is 5.69 Å². The number of thiocarbonyl (C=S) groups is 1. The molecule has 0 fully saturated rings. The lowest BCUT2D eigenvalue weighted by atomic mass is 9.87. The average Bonchev–Trinajstić information content (AvgIpc) is 3.21. The van der Waals surface area contributed by atoms with Gasteiger partial charge in [0.05, 0.1) is 0 Å². The quantitative estimate of drug-likeness (QED) is 0.305. The summed E-state index contributed by atoms with van der Waals surface area (Å²) in [7, 11) is 0. The molecule has 1 amide bonds. The molecule has 7 heteroatoms. The van der Waals surface area contributed by atoms with E-state index in [9.17, 15) is 4.79 Å². The lowest BCUT2D eigenvalue weighted by Crippen LogP contribution is -2.37. The number of nitrogens with one attached hydrogen (secondary N) is 2. The van der Waals surface area contributed by atoms with Gasteiger partial charge in [0.2, 0.25) is 0 Å². The van der Waals surface area contributed by atoms with Crippen molar-refractivity contribution >= 4 is 40.0 Å². The van der Waals surface area contributed by atoms with Crippen LogP contribution in [0.1, 0.15) is 48.9 Å². The number of aromatic nitrogens is 1. The van der Waals surface area contributed by atoms with E-state index >= 15 is 0 Å². The number of fused-ring (bicyclic) bond motifs is 1. The van der Waals surface area contributed by atoms with Crippen LogP contribution < -0.4 is 15.4 Å². The SMILES string of the molecule is Cc1cc(C)c2oc(Cc3ccc(NC(=S)NC(=O)COc4ccc(C(C)(C)C)cc4)cc3)nc2c1. The van der Waals surface area contributed by atoms with Gasteiger partial charge in [0.25, 0.3) is 5.91 Å². The fourth-order valence-corrected chi connectivity index (χ4v) is 4.14. The minimum atomic E-state index is -0.328. The molecule has 1 heterocycles. The van der Waals surface area contributed by atoms with E-state index < -0.39 is 0 Å². The number of oxazole rings is 1. The highest BCUT2D eigenvalue weighted by molar-refractivity contribution is 7.80. The number of carbonyl (C=O) groups excluding carboxylic acids is 1. The summed E-state index contributed by atoms with van der Waals surface area (Å²) in [5, 5.41) is 5.88. The first-order valence-corrected chi connectivity index (χ1v) is 12.3. The predicted molar refractivity (Wildman–Crippen MR) is 148 cm³/mol. The van der Waals surface area contributed by atoms with E-state index in [1.807, 2.05) is 61.5 Å². The molecule has 2 N–H and O–H groups in total. The van der Waals surface area contributed by atoms with E-state index in [-0.39, 0.29) is 23.0 Å². The number of carbonyl (C=O) groups is 1. The molecule has 0 aliphatic heterocycles. The number of hydrogen-bond acceptors (Lipinski definition) is 5. The van der Waals surface area contributed by atoms with Gasteiger partial charge in [-0.05, 0) is 84.1 Å². The van der Waals surface area contributed by atoms with Crippen LogP contribution in [0.25, 0.3) is 11.1 Å². The monoisotopic (exact) mass is 501 g/mol. The summed E-state index contributed by atoms with van der Waals surface area (Å²) in [5.41, 5.74) is 7.06. The smallest absolute Gasteiger partial charge is 0.264 e. The van der Waals surface area contributed by atoms with Crippen molar-refractivity contribution in [1.82, 2.24) is 10.3 Å². The van der Waals surface area contributed by atoms with Gasteiger partial charge >= 0.3 is 0 Å². The maximum absolute atomic E-state index is 12.2. The van der Waals surface area contributed by atoms with Crippen LogP contribution >= 0.6 is 12.2 Å². The van der Waals surface area contributed by atoms with Crippen LogP contribution in [0.5, 0.6) is 5.75 Å². The van der Waals surface area contributed by atoms with Crippen molar-refractivity contribution in [3.63, 3.8) is 0 Å². The molecule has 0 aliphatic carbocycles. The number of aryl methyl sites for hydroxylation is 2. The van der Waals surface area contributed by atoms with Crippen molar-refractivity contribution in [3.8, 4) is 5.75 Å². The average molecular weight is 502 g/mol. The number of nitrogens with zero attached hydrogens (tertiary/aromatic N) is 1. The van der Waals surface area contributed by atoms with Crippen molar-refractivity contribution in [1.29, 1.82) is 0 Å². The van der Waals surface area contributed by atoms with Crippen LogP contribution in [-0.2, 0) is 16.6 Å². The molecule has 4 rings (SSSR count). The Hall–Kier alpha value is -3.71. The van der Waals surface area contributed by atoms with Crippen LogP contribution in [0.15, 0.2) is 65.1 Å². The highest BCUT2D eigenvalue weighted by Gasteiger charge is 2.14. The Morgan fingerprint density at radius 3 is 2.39 bits per heavy atom. The van der Waals surface area contributed by atoms with E-state index in [2.05, 4.69) is 49.4 Å². The highest BCUT2D eigenvalue weighted by Crippen LogP contribution is 2.25. The fourth-order valence-electron chi connectivity index (χ4n) is 3.90. The Balaban J connectivity index is 1.26. The Labute approximate surface area is 217 Å². The van der Waals surface area contributed by atoms with Crippen molar-refractivity contribution in [3.05, 3.63) is 88.8 Å². The van der Waals surface area contributed by atoms with E-state index in [1.54, 1.807) is 0 Å². The van der Waals surface area contributed by atoms with Crippen molar-refractivity contribution in [2.45, 2.75) is 46.5 Å². The molecule has 4 aromatic rings. The molecule has 6 nitrogen and oxygen atoms in total. The minimum Gasteiger partial charge on any atom is -0.484 e.